The van der Waals surface area contributed by atoms with Gasteiger partial charge in [0.2, 0.25) is 0 Å². The topological polar surface area (TPSA) is 43.7 Å². The molecule has 3 nitrogen and oxygen atoms in total. The van der Waals surface area contributed by atoms with Crippen LogP contribution >= 0.6 is 15.9 Å². The lowest BCUT2D eigenvalue weighted by Crippen LogP contribution is -2.31. The summed E-state index contributed by atoms with van der Waals surface area (Å²) in [4.78, 5) is 1.89. The van der Waals surface area contributed by atoms with Crippen molar-refractivity contribution >= 4 is 21.6 Å². The lowest BCUT2D eigenvalue weighted by molar-refractivity contribution is 0.101. The van der Waals surface area contributed by atoms with Crippen LogP contribution in [0.25, 0.3) is 0 Å². The maximum atomic E-state index is 9.27. The Balaban J connectivity index is 2.69. The highest BCUT2D eigenvalue weighted by Gasteiger charge is 2.09. The zero-order chi connectivity index (χ0) is 10.6. The number of rotatable bonds is 4. The van der Waals surface area contributed by atoms with E-state index < -0.39 is 6.10 Å². The molecule has 1 aromatic rings. The Labute approximate surface area is 92.1 Å². The fourth-order valence-corrected chi connectivity index (χ4v) is 1.82. The number of para-hydroxylation sites is 1. The SMILES string of the molecule is CN(C[C@H](O)CO)c1ccccc1Br. The number of likely N-dealkylation sites (N-methyl/N-ethyl adjacent to an activating group) is 1. The van der Waals surface area contributed by atoms with Gasteiger partial charge in [0, 0.05) is 18.1 Å². The van der Waals surface area contributed by atoms with Gasteiger partial charge in [0.1, 0.15) is 0 Å². The van der Waals surface area contributed by atoms with Gasteiger partial charge in [-0.25, -0.2) is 0 Å². The molecule has 78 valence electrons. The Kier molecular flexibility index (Phi) is 4.38. The van der Waals surface area contributed by atoms with E-state index in [9.17, 15) is 5.11 Å². The van der Waals surface area contributed by atoms with Gasteiger partial charge in [-0.3, -0.25) is 0 Å². The predicted molar refractivity (Wildman–Crippen MR) is 60.5 cm³/mol. The van der Waals surface area contributed by atoms with Crippen molar-refractivity contribution < 1.29 is 10.2 Å². The second kappa shape index (κ2) is 5.34. The molecule has 0 aromatic heterocycles. The van der Waals surface area contributed by atoms with Crippen LogP contribution in [0.1, 0.15) is 0 Å². The first-order chi connectivity index (χ1) is 6.65. The third-order valence-corrected chi connectivity index (χ3v) is 2.63. The first-order valence-electron chi connectivity index (χ1n) is 4.39. The van der Waals surface area contributed by atoms with Gasteiger partial charge in [-0.2, -0.15) is 0 Å². The molecule has 1 aromatic carbocycles. The Hall–Kier alpha value is -0.580. The standard InChI is InChI=1S/C10H14BrNO2/c1-12(6-8(14)7-13)10-5-3-2-4-9(10)11/h2-5,8,13-14H,6-7H2,1H3/t8-/m0/s1. The Morgan fingerprint density at radius 3 is 2.64 bits per heavy atom. The van der Waals surface area contributed by atoms with Gasteiger partial charge >= 0.3 is 0 Å². The van der Waals surface area contributed by atoms with Crippen LogP contribution in [0.4, 0.5) is 5.69 Å². The van der Waals surface area contributed by atoms with E-state index in [1.54, 1.807) is 0 Å². The minimum Gasteiger partial charge on any atom is -0.394 e. The van der Waals surface area contributed by atoms with Crippen LogP contribution < -0.4 is 4.90 Å². The fourth-order valence-electron chi connectivity index (χ4n) is 1.23. The highest BCUT2D eigenvalue weighted by Crippen LogP contribution is 2.24. The third kappa shape index (κ3) is 2.97. The van der Waals surface area contributed by atoms with Crippen LogP contribution in [-0.4, -0.2) is 36.5 Å². The lowest BCUT2D eigenvalue weighted by Gasteiger charge is -2.22. The molecule has 0 radical (unpaired) electrons. The average molecular weight is 260 g/mol. The molecule has 4 heteroatoms. The van der Waals surface area contributed by atoms with Crippen LogP contribution in [0.5, 0.6) is 0 Å². The van der Waals surface area contributed by atoms with E-state index >= 15 is 0 Å². The molecule has 0 spiro atoms. The molecule has 0 aliphatic carbocycles. The molecule has 0 saturated carbocycles. The maximum Gasteiger partial charge on any atom is 0.0945 e. The molecular formula is C10H14BrNO2. The van der Waals surface area contributed by atoms with E-state index in [4.69, 9.17) is 5.11 Å². The van der Waals surface area contributed by atoms with Crippen LogP contribution in [0.2, 0.25) is 0 Å². The van der Waals surface area contributed by atoms with E-state index in [0.717, 1.165) is 10.2 Å². The average Bonchev–Trinajstić information content (AvgIpc) is 2.18. The molecule has 0 amide bonds. The first-order valence-corrected chi connectivity index (χ1v) is 5.19. The summed E-state index contributed by atoms with van der Waals surface area (Å²) >= 11 is 3.42. The number of hydrogen-bond donors (Lipinski definition) is 2. The normalized spacial score (nSPS) is 12.6. The van der Waals surface area contributed by atoms with Crippen molar-refractivity contribution in [3.63, 3.8) is 0 Å². The smallest absolute Gasteiger partial charge is 0.0945 e. The summed E-state index contributed by atoms with van der Waals surface area (Å²) in [6.45, 7) is 0.202. The Morgan fingerprint density at radius 2 is 2.07 bits per heavy atom. The van der Waals surface area contributed by atoms with Crippen LogP contribution in [-0.2, 0) is 0 Å². The van der Waals surface area contributed by atoms with Gasteiger partial charge in [0.15, 0.2) is 0 Å². The van der Waals surface area contributed by atoms with Crippen LogP contribution in [0.15, 0.2) is 28.7 Å². The minimum absolute atomic E-state index is 0.213. The Bertz CT molecular complexity index is 293. The molecule has 0 aliphatic rings. The summed E-state index contributed by atoms with van der Waals surface area (Å²) in [5.41, 5.74) is 1.00. The number of anilines is 1. The van der Waals surface area contributed by atoms with E-state index in [1.165, 1.54) is 0 Å². The monoisotopic (exact) mass is 259 g/mol. The highest BCUT2D eigenvalue weighted by molar-refractivity contribution is 9.10. The molecule has 0 aliphatic heterocycles. The van der Waals surface area contributed by atoms with E-state index in [1.807, 2.05) is 36.2 Å². The molecule has 0 unspecified atom stereocenters. The predicted octanol–water partition coefficient (Wildman–Crippen LogP) is 1.24. The zero-order valence-corrected chi connectivity index (χ0v) is 9.61. The number of aliphatic hydroxyl groups excluding tert-OH is 2. The largest absolute Gasteiger partial charge is 0.394 e. The van der Waals surface area contributed by atoms with Gasteiger partial charge in [-0.05, 0) is 28.1 Å². The molecule has 0 heterocycles. The van der Waals surface area contributed by atoms with Crippen LogP contribution in [0.3, 0.4) is 0 Å². The number of nitrogens with zero attached hydrogens (tertiary/aromatic N) is 1. The first kappa shape index (κ1) is 11.5. The Morgan fingerprint density at radius 1 is 1.43 bits per heavy atom. The van der Waals surface area contributed by atoms with Crippen molar-refractivity contribution in [2.75, 3.05) is 25.1 Å². The summed E-state index contributed by atoms with van der Waals surface area (Å²) in [6, 6.07) is 7.76. The van der Waals surface area contributed by atoms with E-state index in [0.29, 0.717) is 6.54 Å². The summed E-state index contributed by atoms with van der Waals surface area (Å²) in [5, 5.41) is 18.0. The van der Waals surface area contributed by atoms with Crippen molar-refractivity contribution in [2.45, 2.75) is 6.10 Å². The molecule has 1 atom stereocenters. The molecule has 1 rings (SSSR count). The summed E-state index contributed by atoms with van der Waals surface area (Å²) < 4.78 is 0.979. The molecular weight excluding hydrogens is 246 g/mol. The van der Waals surface area contributed by atoms with Crippen molar-refractivity contribution in [3.8, 4) is 0 Å². The van der Waals surface area contributed by atoms with Gasteiger partial charge in [0.25, 0.3) is 0 Å². The number of aliphatic hydroxyl groups is 2. The summed E-state index contributed by atoms with van der Waals surface area (Å²) in [6.07, 6.45) is -0.702. The quantitative estimate of drug-likeness (QED) is 0.856. The van der Waals surface area contributed by atoms with Gasteiger partial charge in [0.05, 0.1) is 18.4 Å². The molecule has 0 fully saturated rings. The van der Waals surface area contributed by atoms with Gasteiger partial charge in [-0.15, -0.1) is 0 Å². The second-order valence-electron chi connectivity index (χ2n) is 3.17. The molecule has 0 saturated heterocycles. The number of halogens is 1. The third-order valence-electron chi connectivity index (χ3n) is 1.96. The summed E-state index contributed by atoms with van der Waals surface area (Å²) in [7, 11) is 1.87. The highest BCUT2D eigenvalue weighted by atomic mass is 79.9. The zero-order valence-electron chi connectivity index (χ0n) is 8.02. The van der Waals surface area contributed by atoms with Crippen molar-refractivity contribution in [2.24, 2.45) is 0 Å². The lowest BCUT2D eigenvalue weighted by atomic mass is 10.2. The number of benzene rings is 1. The van der Waals surface area contributed by atoms with Crippen molar-refractivity contribution in [3.05, 3.63) is 28.7 Å². The van der Waals surface area contributed by atoms with Gasteiger partial charge in [-0.1, -0.05) is 12.1 Å². The van der Waals surface area contributed by atoms with E-state index in [2.05, 4.69) is 15.9 Å². The molecule has 2 N–H and O–H groups in total. The fraction of sp³-hybridized carbons (Fsp3) is 0.400. The molecule has 0 bridgehead atoms. The van der Waals surface area contributed by atoms with Crippen molar-refractivity contribution in [1.82, 2.24) is 0 Å². The van der Waals surface area contributed by atoms with Crippen LogP contribution in [0, 0.1) is 0 Å². The van der Waals surface area contributed by atoms with Crippen molar-refractivity contribution in [1.29, 1.82) is 0 Å². The summed E-state index contributed by atoms with van der Waals surface area (Å²) in [5.74, 6) is 0. The maximum absolute atomic E-state index is 9.27. The minimum atomic E-state index is -0.702. The molecule has 14 heavy (non-hydrogen) atoms. The second-order valence-corrected chi connectivity index (χ2v) is 4.02. The number of hydrogen-bond acceptors (Lipinski definition) is 3. The van der Waals surface area contributed by atoms with Gasteiger partial charge < -0.3 is 15.1 Å². The van der Waals surface area contributed by atoms with E-state index in [-0.39, 0.29) is 6.61 Å².